The number of carbonyl (C=O) groups excluding carboxylic acids is 1. The number of amides is 1. The van der Waals surface area contributed by atoms with Gasteiger partial charge in [-0.25, -0.2) is 9.97 Å². The Balaban J connectivity index is 1.89. The third kappa shape index (κ3) is 5.91. The molecule has 2 aromatic carbocycles. The fourth-order valence-corrected chi connectivity index (χ4v) is 3.82. The van der Waals surface area contributed by atoms with Gasteiger partial charge < -0.3 is 20.9 Å². The van der Waals surface area contributed by atoms with E-state index in [1.807, 2.05) is 25.1 Å². The molecule has 0 unspecified atom stereocenters. The van der Waals surface area contributed by atoms with Crippen molar-refractivity contribution in [2.24, 2.45) is 5.73 Å². The number of rotatable bonds is 9. The molecule has 0 aliphatic rings. The van der Waals surface area contributed by atoms with E-state index in [1.165, 1.54) is 0 Å². The first-order chi connectivity index (χ1) is 17.8. The molecule has 4 rings (SSSR count). The maximum Gasteiger partial charge on any atom is 0.248 e. The number of anilines is 1. The van der Waals surface area contributed by atoms with E-state index >= 15 is 0 Å². The zero-order valence-electron chi connectivity index (χ0n) is 20.8. The van der Waals surface area contributed by atoms with Gasteiger partial charge in [-0.2, -0.15) is 10.4 Å². The SMILES string of the molecule is COc1cc(C)cc(-c2nn(CC#N)cc2-c2cc(NC[C@H](C)O)nc(-c3ccc(C(N)=O)cc3)n2)c1. The predicted molar refractivity (Wildman–Crippen MR) is 140 cm³/mol. The van der Waals surface area contributed by atoms with Crippen LogP contribution in [0.5, 0.6) is 5.75 Å². The summed E-state index contributed by atoms with van der Waals surface area (Å²) in [6, 6.07) is 16.4. The van der Waals surface area contributed by atoms with Crippen molar-refractivity contribution in [1.29, 1.82) is 5.26 Å². The van der Waals surface area contributed by atoms with Crippen molar-refractivity contribution < 1.29 is 14.6 Å². The molecule has 4 aromatic rings. The molecule has 2 heterocycles. The summed E-state index contributed by atoms with van der Waals surface area (Å²) < 4.78 is 7.02. The molecule has 37 heavy (non-hydrogen) atoms. The Hall–Kier alpha value is -4.75. The number of aryl methyl sites for hydroxylation is 1. The Morgan fingerprint density at radius 3 is 2.59 bits per heavy atom. The summed E-state index contributed by atoms with van der Waals surface area (Å²) in [4.78, 5) is 20.9. The van der Waals surface area contributed by atoms with Gasteiger partial charge in [-0.05, 0) is 49.7 Å². The molecule has 10 heteroatoms. The van der Waals surface area contributed by atoms with Crippen molar-refractivity contribution in [3.8, 4) is 45.7 Å². The number of nitrogens with one attached hydrogen (secondary N) is 1. The zero-order chi connectivity index (χ0) is 26.5. The summed E-state index contributed by atoms with van der Waals surface area (Å²) in [6.07, 6.45) is 1.18. The first-order valence-corrected chi connectivity index (χ1v) is 11.6. The van der Waals surface area contributed by atoms with Crippen LogP contribution in [0.3, 0.4) is 0 Å². The summed E-state index contributed by atoms with van der Waals surface area (Å²) in [5.74, 6) is 1.07. The van der Waals surface area contributed by atoms with Gasteiger partial charge in [-0.15, -0.1) is 0 Å². The number of benzene rings is 2. The number of primary amides is 1. The first-order valence-electron chi connectivity index (χ1n) is 11.6. The van der Waals surface area contributed by atoms with E-state index in [0.29, 0.717) is 45.5 Å². The standard InChI is InChI=1S/C27H27N7O3/c1-16-10-20(12-21(11-16)37-3)25-22(15-34(33-25)9-8-28)23-13-24(30-14-17(2)35)32-27(31-23)19-6-4-18(5-7-19)26(29)36/h4-7,10-13,15,17,35H,9,14H2,1-3H3,(H2,29,36)(H,30,31,32)/t17-/m0/s1. The summed E-state index contributed by atoms with van der Waals surface area (Å²) in [5, 5.41) is 26.9. The Labute approximate surface area is 214 Å². The van der Waals surface area contributed by atoms with Crippen molar-refractivity contribution in [2.45, 2.75) is 26.5 Å². The van der Waals surface area contributed by atoms with Crippen LogP contribution in [0.4, 0.5) is 5.82 Å². The van der Waals surface area contributed by atoms with E-state index in [2.05, 4.69) is 21.5 Å². The number of carbonyl (C=O) groups is 1. The third-order valence-electron chi connectivity index (χ3n) is 5.56. The number of nitriles is 1. The monoisotopic (exact) mass is 497 g/mol. The van der Waals surface area contributed by atoms with Gasteiger partial charge in [0.15, 0.2) is 5.82 Å². The number of methoxy groups -OCH3 is 1. The number of nitrogens with zero attached hydrogens (tertiary/aromatic N) is 5. The number of nitrogens with two attached hydrogens (primary N) is 1. The van der Waals surface area contributed by atoms with Gasteiger partial charge in [0.1, 0.15) is 23.8 Å². The van der Waals surface area contributed by atoms with Crippen LogP contribution in [0.1, 0.15) is 22.8 Å². The smallest absolute Gasteiger partial charge is 0.248 e. The highest BCUT2D eigenvalue weighted by atomic mass is 16.5. The number of hydrogen-bond donors (Lipinski definition) is 3. The van der Waals surface area contributed by atoms with Crippen LogP contribution < -0.4 is 15.8 Å². The Morgan fingerprint density at radius 2 is 1.95 bits per heavy atom. The molecule has 2 aromatic heterocycles. The van der Waals surface area contributed by atoms with Gasteiger partial charge in [-0.1, -0.05) is 12.1 Å². The maximum absolute atomic E-state index is 11.5. The quantitative estimate of drug-likeness (QED) is 0.318. The highest BCUT2D eigenvalue weighted by molar-refractivity contribution is 5.93. The van der Waals surface area contributed by atoms with Crippen molar-refractivity contribution in [3.05, 3.63) is 65.9 Å². The first kappa shape index (κ1) is 25.3. The average molecular weight is 498 g/mol. The van der Waals surface area contributed by atoms with E-state index in [0.717, 1.165) is 11.1 Å². The Bertz CT molecular complexity index is 1470. The second-order valence-electron chi connectivity index (χ2n) is 8.62. The van der Waals surface area contributed by atoms with E-state index in [-0.39, 0.29) is 13.1 Å². The molecule has 0 radical (unpaired) electrons. The number of ether oxygens (including phenoxy) is 1. The molecule has 188 valence electrons. The summed E-state index contributed by atoms with van der Waals surface area (Å²) in [5.41, 5.74) is 10.1. The molecular formula is C27H27N7O3. The van der Waals surface area contributed by atoms with Gasteiger partial charge in [0.05, 0.1) is 25.0 Å². The van der Waals surface area contributed by atoms with Crippen molar-refractivity contribution in [2.75, 3.05) is 19.0 Å². The largest absolute Gasteiger partial charge is 0.497 e. The van der Waals surface area contributed by atoms with Gasteiger partial charge in [0.25, 0.3) is 0 Å². The minimum absolute atomic E-state index is 0.0651. The second-order valence-corrected chi connectivity index (χ2v) is 8.62. The van der Waals surface area contributed by atoms with Crippen LogP contribution in [0.2, 0.25) is 0 Å². The molecule has 0 bridgehead atoms. The number of aromatic nitrogens is 4. The van der Waals surface area contributed by atoms with Crippen LogP contribution in [0.25, 0.3) is 33.9 Å². The lowest BCUT2D eigenvalue weighted by atomic mass is 10.0. The normalized spacial score (nSPS) is 11.5. The van der Waals surface area contributed by atoms with Crippen LogP contribution in [0, 0.1) is 18.3 Å². The molecule has 0 saturated carbocycles. The minimum Gasteiger partial charge on any atom is -0.497 e. The average Bonchev–Trinajstić information content (AvgIpc) is 3.31. The van der Waals surface area contributed by atoms with Crippen molar-refractivity contribution >= 4 is 11.7 Å². The van der Waals surface area contributed by atoms with Crippen LogP contribution in [0.15, 0.2) is 54.7 Å². The highest BCUT2D eigenvalue weighted by Gasteiger charge is 2.18. The summed E-state index contributed by atoms with van der Waals surface area (Å²) >= 11 is 0. The van der Waals surface area contributed by atoms with E-state index in [9.17, 15) is 15.2 Å². The van der Waals surface area contributed by atoms with E-state index in [1.54, 1.807) is 55.2 Å². The molecule has 4 N–H and O–H groups in total. The summed E-state index contributed by atoms with van der Waals surface area (Å²) in [6.45, 7) is 3.99. The molecule has 0 aliphatic carbocycles. The lowest BCUT2D eigenvalue weighted by molar-refractivity contribution is 0.1000. The van der Waals surface area contributed by atoms with Crippen LogP contribution >= 0.6 is 0 Å². The van der Waals surface area contributed by atoms with Gasteiger partial charge in [-0.3, -0.25) is 9.48 Å². The zero-order valence-corrected chi connectivity index (χ0v) is 20.8. The Kier molecular flexibility index (Phi) is 7.46. The molecule has 10 nitrogen and oxygen atoms in total. The number of aliphatic hydroxyl groups is 1. The van der Waals surface area contributed by atoms with Gasteiger partial charge >= 0.3 is 0 Å². The molecular weight excluding hydrogens is 470 g/mol. The molecule has 0 saturated heterocycles. The van der Waals surface area contributed by atoms with Crippen molar-refractivity contribution in [3.63, 3.8) is 0 Å². The van der Waals surface area contributed by atoms with Crippen LogP contribution in [-0.2, 0) is 6.54 Å². The van der Waals surface area contributed by atoms with Crippen LogP contribution in [-0.4, -0.2) is 50.5 Å². The molecule has 0 fully saturated rings. The predicted octanol–water partition coefficient (Wildman–Crippen LogP) is 3.41. The molecule has 1 atom stereocenters. The highest BCUT2D eigenvalue weighted by Crippen LogP contribution is 2.34. The molecule has 1 amide bonds. The Morgan fingerprint density at radius 1 is 1.19 bits per heavy atom. The topological polar surface area (TPSA) is 152 Å². The van der Waals surface area contributed by atoms with Gasteiger partial charge in [0, 0.05) is 41.1 Å². The fraction of sp³-hybridized carbons (Fsp3) is 0.222. The van der Waals surface area contributed by atoms with E-state index in [4.69, 9.17) is 15.5 Å². The third-order valence-corrected chi connectivity index (χ3v) is 5.56. The van der Waals surface area contributed by atoms with E-state index < -0.39 is 12.0 Å². The van der Waals surface area contributed by atoms with Gasteiger partial charge in [0.2, 0.25) is 5.91 Å². The minimum atomic E-state index is -0.592. The molecule has 0 spiro atoms. The van der Waals surface area contributed by atoms with Crippen molar-refractivity contribution in [1.82, 2.24) is 19.7 Å². The molecule has 0 aliphatic heterocycles. The lowest BCUT2D eigenvalue weighted by Crippen LogP contribution is -2.16. The maximum atomic E-state index is 11.5. The summed E-state index contributed by atoms with van der Waals surface area (Å²) in [7, 11) is 1.61. The second kappa shape index (κ2) is 10.9. The number of hydrogen-bond acceptors (Lipinski definition) is 8. The lowest BCUT2D eigenvalue weighted by Gasteiger charge is -2.12. The number of aliphatic hydroxyl groups excluding tert-OH is 1. The fourth-order valence-electron chi connectivity index (χ4n) is 3.82.